The Morgan fingerprint density at radius 2 is 1.90 bits per heavy atom. The third kappa shape index (κ3) is 3.05. The summed E-state index contributed by atoms with van der Waals surface area (Å²) in [5, 5.41) is 0. The molecule has 2 rings (SSSR count). The van der Waals surface area contributed by atoms with Gasteiger partial charge in [-0.05, 0) is 24.3 Å². The molecule has 0 aliphatic heterocycles. The van der Waals surface area contributed by atoms with Crippen molar-refractivity contribution in [1.29, 1.82) is 0 Å². The number of aromatic nitrogens is 1. The Bertz CT molecular complexity index is 627. The van der Waals surface area contributed by atoms with Gasteiger partial charge in [-0.3, -0.25) is 9.78 Å². The van der Waals surface area contributed by atoms with Gasteiger partial charge < -0.3 is 10.5 Å². The molecule has 0 bridgehead atoms. The number of rotatable bonds is 3. The largest absolute Gasteiger partial charge is 0.573 e. The number of carbonyl (C=O) groups is 1. The molecule has 4 nitrogen and oxygen atoms in total. The Morgan fingerprint density at radius 3 is 2.50 bits per heavy atom. The van der Waals surface area contributed by atoms with Crippen molar-refractivity contribution in [2.45, 2.75) is 6.36 Å². The highest BCUT2D eigenvalue weighted by Gasteiger charge is 2.33. The maximum Gasteiger partial charge on any atom is 0.573 e. The van der Waals surface area contributed by atoms with Crippen LogP contribution in [0.25, 0.3) is 0 Å². The van der Waals surface area contributed by atoms with E-state index in [-0.39, 0.29) is 16.9 Å². The molecular formula is C13H9F3N2O2. The van der Waals surface area contributed by atoms with Crippen LogP contribution < -0.4 is 10.5 Å². The van der Waals surface area contributed by atoms with Crippen molar-refractivity contribution in [2.24, 2.45) is 0 Å². The predicted molar refractivity (Wildman–Crippen MR) is 65.2 cm³/mol. The average Bonchev–Trinajstić information content (AvgIpc) is 2.37. The van der Waals surface area contributed by atoms with Crippen LogP contribution in [0.15, 0.2) is 42.6 Å². The summed E-state index contributed by atoms with van der Waals surface area (Å²) in [7, 11) is 0. The van der Waals surface area contributed by atoms with Gasteiger partial charge in [-0.1, -0.05) is 12.1 Å². The second-order valence-corrected chi connectivity index (χ2v) is 3.81. The number of hydrogen-bond acceptors (Lipinski definition) is 4. The Morgan fingerprint density at radius 1 is 1.15 bits per heavy atom. The molecule has 0 saturated heterocycles. The minimum absolute atomic E-state index is 0.0163. The van der Waals surface area contributed by atoms with Crippen molar-refractivity contribution >= 4 is 11.5 Å². The number of ketones is 1. The van der Waals surface area contributed by atoms with Gasteiger partial charge >= 0.3 is 6.36 Å². The number of anilines is 1. The van der Waals surface area contributed by atoms with Crippen molar-refractivity contribution in [3.05, 3.63) is 53.9 Å². The van der Waals surface area contributed by atoms with Crippen molar-refractivity contribution in [3.63, 3.8) is 0 Å². The molecule has 0 radical (unpaired) electrons. The average molecular weight is 282 g/mol. The Labute approximate surface area is 112 Å². The molecule has 20 heavy (non-hydrogen) atoms. The van der Waals surface area contributed by atoms with E-state index < -0.39 is 17.9 Å². The minimum Gasteiger partial charge on any atom is -0.405 e. The fraction of sp³-hybridized carbons (Fsp3) is 0.0769. The van der Waals surface area contributed by atoms with Crippen LogP contribution in [0, 0.1) is 0 Å². The van der Waals surface area contributed by atoms with Crippen LogP contribution in [-0.4, -0.2) is 17.1 Å². The van der Waals surface area contributed by atoms with E-state index in [1.54, 1.807) is 12.1 Å². The highest BCUT2D eigenvalue weighted by Crippen LogP contribution is 2.31. The zero-order chi connectivity index (χ0) is 14.8. The first-order chi connectivity index (χ1) is 9.38. The molecule has 2 aromatic rings. The van der Waals surface area contributed by atoms with Crippen molar-refractivity contribution in [2.75, 3.05) is 5.73 Å². The van der Waals surface area contributed by atoms with E-state index in [0.717, 1.165) is 6.07 Å². The SMILES string of the molecule is Nc1cccc(OC(F)(F)F)c1C(=O)c1ccccn1. The zero-order valence-corrected chi connectivity index (χ0v) is 10.0. The Balaban J connectivity index is 2.48. The van der Waals surface area contributed by atoms with E-state index in [2.05, 4.69) is 9.72 Å². The molecule has 1 aromatic heterocycles. The van der Waals surface area contributed by atoms with Crippen molar-refractivity contribution < 1.29 is 22.7 Å². The number of nitrogens with zero attached hydrogens (tertiary/aromatic N) is 1. The summed E-state index contributed by atoms with van der Waals surface area (Å²) in [6.45, 7) is 0. The lowest BCUT2D eigenvalue weighted by Gasteiger charge is -2.13. The maximum absolute atomic E-state index is 12.3. The lowest BCUT2D eigenvalue weighted by Crippen LogP contribution is -2.20. The standard InChI is InChI=1S/C13H9F3N2O2/c14-13(15,16)20-10-6-3-4-8(17)11(10)12(19)9-5-1-2-7-18-9/h1-7H,17H2. The Kier molecular flexibility index (Phi) is 3.60. The number of alkyl halides is 3. The normalized spacial score (nSPS) is 11.2. The van der Waals surface area contributed by atoms with E-state index in [4.69, 9.17) is 5.73 Å². The smallest absolute Gasteiger partial charge is 0.405 e. The first kappa shape index (κ1) is 13.9. The predicted octanol–water partition coefficient (Wildman–Crippen LogP) is 2.79. The highest BCUT2D eigenvalue weighted by molar-refractivity contribution is 6.12. The summed E-state index contributed by atoms with van der Waals surface area (Å²) in [6.07, 6.45) is -3.55. The van der Waals surface area contributed by atoms with Gasteiger partial charge in [0.2, 0.25) is 5.78 Å². The van der Waals surface area contributed by atoms with Crippen LogP contribution in [0.2, 0.25) is 0 Å². The van der Waals surface area contributed by atoms with E-state index >= 15 is 0 Å². The lowest BCUT2D eigenvalue weighted by molar-refractivity contribution is -0.274. The zero-order valence-electron chi connectivity index (χ0n) is 10.0. The van der Waals surface area contributed by atoms with Crippen LogP contribution in [0.1, 0.15) is 16.1 Å². The first-order valence-electron chi connectivity index (χ1n) is 5.48. The summed E-state index contributed by atoms with van der Waals surface area (Å²) in [4.78, 5) is 16.0. The van der Waals surface area contributed by atoms with E-state index in [1.165, 1.54) is 24.4 Å². The van der Waals surface area contributed by atoms with E-state index in [9.17, 15) is 18.0 Å². The topological polar surface area (TPSA) is 65.2 Å². The van der Waals surface area contributed by atoms with Crippen LogP contribution in [0.5, 0.6) is 5.75 Å². The molecule has 7 heteroatoms. The fourth-order valence-corrected chi connectivity index (χ4v) is 1.63. The molecule has 0 spiro atoms. The maximum atomic E-state index is 12.3. The number of nitrogens with two attached hydrogens (primary N) is 1. The number of halogens is 3. The number of pyridine rings is 1. The first-order valence-corrected chi connectivity index (χ1v) is 5.48. The van der Waals surface area contributed by atoms with Crippen LogP contribution in [0.3, 0.4) is 0 Å². The number of ether oxygens (including phenoxy) is 1. The fourth-order valence-electron chi connectivity index (χ4n) is 1.63. The molecule has 0 aliphatic rings. The van der Waals surface area contributed by atoms with Crippen LogP contribution in [-0.2, 0) is 0 Å². The lowest BCUT2D eigenvalue weighted by atomic mass is 10.0. The second-order valence-electron chi connectivity index (χ2n) is 3.81. The van der Waals surface area contributed by atoms with E-state index in [1.807, 2.05) is 0 Å². The number of nitrogen functional groups attached to an aromatic ring is 1. The molecule has 0 fully saturated rings. The summed E-state index contributed by atoms with van der Waals surface area (Å²) in [6, 6.07) is 8.12. The number of benzene rings is 1. The quantitative estimate of drug-likeness (QED) is 0.694. The van der Waals surface area contributed by atoms with Gasteiger partial charge in [0.25, 0.3) is 0 Å². The van der Waals surface area contributed by atoms with Gasteiger partial charge in [-0.25, -0.2) is 0 Å². The molecule has 0 atom stereocenters. The van der Waals surface area contributed by atoms with Crippen molar-refractivity contribution in [3.8, 4) is 5.75 Å². The van der Waals surface area contributed by atoms with Gasteiger partial charge in [0.1, 0.15) is 11.4 Å². The minimum atomic E-state index is -4.91. The summed E-state index contributed by atoms with van der Waals surface area (Å²) < 4.78 is 40.8. The molecule has 0 unspecified atom stereocenters. The highest BCUT2D eigenvalue weighted by atomic mass is 19.4. The third-order valence-corrected chi connectivity index (χ3v) is 2.41. The summed E-state index contributed by atoms with van der Waals surface area (Å²) in [5.74, 6) is -1.38. The van der Waals surface area contributed by atoms with Gasteiger partial charge in [-0.15, -0.1) is 13.2 Å². The monoisotopic (exact) mass is 282 g/mol. The van der Waals surface area contributed by atoms with E-state index in [0.29, 0.717) is 0 Å². The van der Waals surface area contributed by atoms with Gasteiger partial charge in [-0.2, -0.15) is 0 Å². The molecule has 104 valence electrons. The van der Waals surface area contributed by atoms with Crippen LogP contribution in [0.4, 0.5) is 18.9 Å². The van der Waals surface area contributed by atoms with Crippen molar-refractivity contribution in [1.82, 2.24) is 4.98 Å². The van der Waals surface area contributed by atoms with Gasteiger partial charge in [0.15, 0.2) is 0 Å². The molecule has 0 amide bonds. The summed E-state index contributed by atoms with van der Waals surface area (Å²) in [5.41, 5.74) is 5.10. The summed E-state index contributed by atoms with van der Waals surface area (Å²) >= 11 is 0. The molecule has 2 N–H and O–H groups in total. The number of hydrogen-bond donors (Lipinski definition) is 1. The molecule has 1 heterocycles. The molecule has 0 aliphatic carbocycles. The Hall–Kier alpha value is -2.57. The molecule has 0 saturated carbocycles. The van der Waals surface area contributed by atoms with Crippen LogP contribution >= 0.6 is 0 Å². The second kappa shape index (κ2) is 5.20. The third-order valence-electron chi connectivity index (χ3n) is 2.41. The molecule has 1 aromatic carbocycles. The van der Waals surface area contributed by atoms with Gasteiger partial charge in [0.05, 0.1) is 5.56 Å². The van der Waals surface area contributed by atoms with Gasteiger partial charge in [0, 0.05) is 11.9 Å². The molecular weight excluding hydrogens is 273 g/mol. The number of carbonyl (C=O) groups excluding carboxylic acids is 1.